The molecule has 0 aliphatic rings. The van der Waals surface area contributed by atoms with E-state index < -0.39 is 14.2 Å². The van der Waals surface area contributed by atoms with Gasteiger partial charge in [0.05, 0.1) is 0 Å². The Morgan fingerprint density at radius 2 is 0.778 bits per heavy atom. The van der Waals surface area contributed by atoms with Crippen LogP contribution < -0.4 is 26.5 Å². The quantitative estimate of drug-likeness (QED) is 0.227. The second-order valence-corrected chi connectivity index (χ2v) is 16.2. The molecule has 0 saturated carbocycles. The van der Waals surface area contributed by atoms with E-state index in [1.165, 1.54) is 0 Å². The van der Waals surface area contributed by atoms with Crippen LogP contribution in [0.5, 0.6) is 0 Å². The van der Waals surface area contributed by atoms with Crippen molar-refractivity contribution in [2.45, 2.75) is 6.92 Å². The van der Waals surface area contributed by atoms with Crippen LogP contribution >= 0.6 is 14.2 Å². The molecule has 2 nitrogen and oxygen atoms in total. The summed E-state index contributed by atoms with van der Waals surface area (Å²) in [6, 6.07) is 50.6. The number of benzene rings is 5. The Bertz CT molecular complexity index is 1310. The van der Waals surface area contributed by atoms with E-state index in [0.717, 1.165) is 15.9 Å². The summed E-state index contributed by atoms with van der Waals surface area (Å²) in [5.74, 6) is 0. The molecule has 4 heteroatoms. The van der Waals surface area contributed by atoms with Gasteiger partial charge in [-0.05, 0) is 0 Å². The average Bonchev–Trinajstić information content (AvgIpc) is 2.98. The molecule has 0 heterocycles. The molecule has 5 aromatic carbocycles. The molecule has 0 saturated heterocycles. The summed E-state index contributed by atoms with van der Waals surface area (Å²) < 4.78 is 23.1. The van der Waals surface area contributed by atoms with E-state index in [9.17, 15) is 0 Å². The first kappa shape index (κ1) is 24.4. The predicted octanol–water partition coefficient (Wildman–Crippen LogP) is 6.40. The summed E-state index contributed by atoms with van der Waals surface area (Å²) in [5.41, 5.74) is 0. The van der Waals surface area contributed by atoms with E-state index in [0.29, 0.717) is 16.8 Å². The number of hydrogen-bond acceptors (Lipinski definition) is 2. The first-order valence-corrected chi connectivity index (χ1v) is 16.2. The fraction of sp³-hybridized carbons (Fsp3) is 0.0625. The van der Waals surface area contributed by atoms with Gasteiger partial charge in [0.1, 0.15) is 0 Å². The molecule has 0 bridgehead atoms. The minimum atomic E-state index is -3.74. The van der Waals surface area contributed by atoms with Crippen molar-refractivity contribution < 1.29 is 8.88 Å². The van der Waals surface area contributed by atoms with Gasteiger partial charge in [-0.3, -0.25) is 0 Å². The van der Waals surface area contributed by atoms with Crippen molar-refractivity contribution in [2.75, 3.05) is 6.16 Å². The van der Waals surface area contributed by atoms with Gasteiger partial charge in [-0.25, -0.2) is 0 Å². The summed E-state index contributed by atoms with van der Waals surface area (Å²) in [5, 5.41) is 4.59. The van der Waals surface area contributed by atoms with Crippen LogP contribution in [-0.2, 0) is 8.88 Å². The Labute approximate surface area is 214 Å². The SMILES string of the molecule is CCP(OP(=O)(c1ccccc1)c1ccccc1)(c1ccccc1)(c1ccccc1)c1ccccc1. The van der Waals surface area contributed by atoms with E-state index in [2.05, 4.69) is 79.7 Å². The van der Waals surface area contributed by atoms with Crippen LogP contribution in [0.15, 0.2) is 152 Å². The van der Waals surface area contributed by atoms with Crippen LogP contribution in [-0.4, -0.2) is 6.16 Å². The van der Waals surface area contributed by atoms with E-state index >= 15 is 4.57 Å². The Kier molecular flexibility index (Phi) is 6.78. The van der Waals surface area contributed by atoms with E-state index in [1.807, 2.05) is 78.9 Å². The Balaban J connectivity index is 1.94. The van der Waals surface area contributed by atoms with E-state index in [4.69, 9.17) is 4.31 Å². The molecule has 0 atom stereocenters. The van der Waals surface area contributed by atoms with Gasteiger partial charge in [0.25, 0.3) is 0 Å². The van der Waals surface area contributed by atoms with Gasteiger partial charge in [-0.1, -0.05) is 0 Å². The van der Waals surface area contributed by atoms with Crippen molar-refractivity contribution in [1.29, 1.82) is 0 Å². The van der Waals surface area contributed by atoms with Crippen LogP contribution in [0.4, 0.5) is 0 Å². The average molecular weight is 509 g/mol. The van der Waals surface area contributed by atoms with Gasteiger partial charge in [-0.15, -0.1) is 0 Å². The van der Waals surface area contributed by atoms with Gasteiger partial charge >= 0.3 is 214 Å². The third-order valence-electron chi connectivity index (χ3n) is 7.00. The van der Waals surface area contributed by atoms with Crippen LogP contribution in [0.1, 0.15) is 6.92 Å². The van der Waals surface area contributed by atoms with Gasteiger partial charge in [0.2, 0.25) is 0 Å². The second kappa shape index (κ2) is 10.00. The number of hydrogen-bond donors (Lipinski definition) is 0. The van der Waals surface area contributed by atoms with E-state index in [-0.39, 0.29) is 0 Å². The maximum atomic E-state index is 15.5. The fourth-order valence-corrected chi connectivity index (χ4v) is 15.4. The summed E-state index contributed by atoms with van der Waals surface area (Å²) in [7, 11) is -3.57. The van der Waals surface area contributed by atoms with Gasteiger partial charge in [0.15, 0.2) is 0 Å². The van der Waals surface area contributed by atoms with Crippen molar-refractivity contribution in [3.05, 3.63) is 152 Å². The van der Waals surface area contributed by atoms with Crippen molar-refractivity contribution in [3.63, 3.8) is 0 Å². The second-order valence-electron chi connectivity index (χ2n) is 8.84. The van der Waals surface area contributed by atoms with Crippen molar-refractivity contribution in [2.24, 2.45) is 0 Å². The van der Waals surface area contributed by atoms with Crippen molar-refractivity contribution in [3.8, 4) is 0 Å². The zero-order chi connectivity index (χ0) is 24.9. The normalized spacial score (nSPS) is 13.0. The van der Waals surface area contributed by atoms with Crippen molar-refractivity contribution >= 4 is 40.7 Å². The van der Waals surface area contributed by atoms with E-state index in [1.54, 1.807) is 0 Å². The first-order valence-electron chi connectivity index (χ1n) is 12.2. The zero-order valence-corrected chi connectivity index (χ0v) is 22.1. The molecule has 36 heavy (non-hydrogen) atoms. The molecule has 180 valence electrons. The summed E-state index contributed by atoms with van der Waals surface area (Å²) >= 11 is 0. The molecule has 0 N–H and O–H groups in total. The molecular formula is C32H30O2P2. The molecule has 0 fully saturated rings. The van der Waals surface area contributed by atoms with Crippen LogP contribution in [0.25, 0.3) is 0 Å². The molecule has 0 aliphatic carbocycles. The third-order valence-corrected chi connectivity index (χ3v) is 16.7. The Hall–Kier alpha value is -3.28. The Morgan fingerprint density at radius 1 is 0.500 bits per heavy atom. The Morgan fingerprint density at radius 3 is 1.06 bits per heavy atom. The third kappa shape index (κ3) is 3.87. The summed E-state index contributed by atoms with van der Waals surface area (Å²) in [6.07, 6.45) is 0.660. The monoisotopic (exact) mass is 508 g/mol. The van der Waals surface area contributed by atoms with Gasteiger partial charge in [0, 0.05) is 0 Å². The van der Waals surface area contributed by atoms with Gasteiger partial charge < -0.3 is 0 Å². The minimum absolute atomic E-state index is 0.660. The molecule has 0 unspecified atom stereocenters. The van der Waals surface area contributed by atoms with Crippen LogP contribution in [0.3, 0.4) is 0 Å². The molecule has 0 amide bonds. The number of rotatable bonds is 8. The molecule has 0 radical (unpaired) electrons. The van der Waals surface area contributed by atoms with Crippen LogP contribution in [0, 0.1) is 0 Å². The fourth-order valence-electron chi connectivity index (χ4n) is 5.17. The first-order chi connectivity index (χ1) is 17.6. The molecule has 5 rings (SSSR count). The van der Waals surface area contributed by atoms with Gasteiger partial charge in [-0.2, -0.15) is 0 Å². The van der Waals surface area contributed by atoms with Crippen LogP contribution in [0.2, 0.25) is 0 Å². The molecule has 0 aliphatic heterocycles. The maximum absolute atomic E-state index is 15.5. The summed E-state index contributed by atoms with van der Waals surface area (Å²) in [4.78, 5) is 0. The molecule has 0 aromatic heterocycles. The van der Waals surface area contributed by atoms with Crippen molar-refractivity contribution in [1.82, 2.24) is 0 Å². The summed E-state index contributed by atoms with van der Waals surface area (Å²) in [6.45, 7) is -1.57. The zero-order valence-electron chi connectivity index (χ0n) is 20.4. The molecule has 5 aromatic rings. The topological polar surface area (TPSA) is 26.3 Å². The molecular weight excluding hydrogens is 478 g/mol. The molecule has 0 spiro atoms. The predicted molar refractivity (Wildman–Crippen MR) is 157 cm³/mol. The standard InChI is InChI=1S/C32H30O2P2/c1-2-36(30-22-12-5-13-23-30,31-24-14-6-15-25-31,32-26-16-7-17-27-32)34-35(33,28-18-8-3-9-19-28)29-20-10-4-11-21-29/h3-27H,2H2,1H3.